The topological polar surface area (TPSA) is 88.7 Å². The summed E-state index contributed by atoms with van der Waals surface area (Å²) < 4.78 is 0. The third kappa shape index (κ3) is 5.89. The number of pyridine rings is 1. The van der Waals surface area contributed by atoms with Crippen LogP contribution in [0.25, 0.3) is 17.0 Å². The first-order chi connectivity index (χ1) is 21.2. The number of thioether (sulfide) groups is 1. The number of hydrogen-bond donors (Lipinski definition) is 0. The lowest BCUT2D eigenvalue weighted by Gasteiger charge is -2.17. The highest BCUT2D eigenvalue weighted by Gasteiger charge is 2.35. The Morgan fingerprint density at radius 1 is 0.864 bits per heavy atom. The van der Waals surface area contributed by atoms with Crippen molar-refractivity contribution in [3.8, 4) is 0 Å². The number of aryl methyl sites for hydroxylation is 4. The van der Waals surface area contributed by atoms with Gasteiger partial charge in [0.25, 0.3) is 11.6 Å². The van der Waals surface area contributed by atoms with Gasteiger partial charge in [0, 0.05) is 22.5 Å². The van der Waals surface area contributed by atoms with Crippen molar-refractivity contribution in [3.63, 3.8) is 0 Å². The molecular weight excluding hydrogens is 589 g/mol. The van der Waals surface area contributed by atoms with Gasteiger partial charge in [-0.05, 0) is 116 Å². The molecule has 4 aromatic carbocycles. The summed E-state index contributed by atoms with van der Waals surface area (Å²) in [7, 11) is 0. The molecule has 0 N–H and O–H groups in total. The first-order valence-electron chi connectivity index (χ1n) is 14.0. The molecule has 6 rings (SSSR count). The van der Waals surface area contributed by atoms with Crippen molar-refractivity contribution in [2.75, 3.05) is 4.90 Å². The summed E-state index contributed by atoms with van der Waals surface area (Å²) in [5.41, 5.74) is 7.24. The third-order valence-corrected chi connectivity index (χ3v) is 9.65. The molecule has 218 valence electrons. The van der Waals surface area contributed by atoms with Crippen molar-refractivity contribution >= 4 is 68.6 Å². The number of amides is 1. The van der Waals surface area contributed by atoms with Gasteiger partial charge in [0.15, 0.2) is 5.17 Å². The molecule has 7 nitrogen and oxygen atoms in total. The number of carbonyl (C=O) groups is 1. The van der Waals surface area contributed by atoms with Crippen LogP contribution in [0.2, 0.25) is 0 Å². The molecule has 1 saturated heterocycles. The van der Waals surface area contributed by atoms with Crippen LogP contribution in [0.3, 0.4) is 0 Å². The maximum Gasteiger partial charge on any atom is 0.283 e. The van der Waals surface area contributed by atoms with E-state index in [1.807, 2.05) is 94.4 Å². The van der Waals surface area contributed by atoms with Gasteiger partial charge in [-0.1, -0.05) is 48.2 Å². The number of amidine groups is 1. The summed E-state index contributed by atoms with van der Waals surface area (Å²) in [5.74, 6) is -0.233. The molecule has 0 bridgehead atoms. The number of fused-ring (bicyclic) bond motifs is 1. The molecule has 0 atom stereocenters. The fourth-order valence-electron chi connectivity index (χ4n) is 4.83. The fourth-order valence-corrected chi connectivity index (χ4v) is 6.85. The predicted octanol–water partition coefficient (Wildman–Crippen LogP) is 9.34. The van der Waals surface area contributed by atoms with E-state index in [0.29, 0.717) is 20.5 Å². The van der Waals surface area contributed by atoms with E-state index in [1.54, 1.807) is 29.3 Å². The molecule has 2 heterocycles. The second kappa shape index (κ2) is 12.1. The van der Waals surface area contributed by atoms with Crippen LogP contribution in [0.15, 0.2) is 111 Å². The van der Waals surface area contributed by atoms with Crippen molar-refractivity contribution in [2.45, 2.75) is 37.5 Å². The minimum absolute atomic E-state index is 0.0391. The van der Waals surface area contributed by atoms with E-state index >= 15 is 0 Å². The number of nitro benzene ring substituents is 1. The van der Waals surface area contributed by atoms with Gasteiger partial charge in [-0.2, -0.15) is 0 Å². The van der Waals surface area contributed by atoms with Gasteiger partial charge in [-0.15, -0.1) is 0 Å². The summed E-state index contributed by atoms with van der Waals surface area (Å²) in [6.45, 7) is 8.12. The zero-order chi connectivity index (χ0) is 31.0. The molecule has 5 aromatic rings. The van der Waals surface area contributed by atoms with E-state index in [1.165, 1.54) is 29.6 Å². The summed E-state index contributed by atoms with van der Waals surface area (Å²) in [6, 6.07) is 26.5. The van der Waals surface area contributed by atoms with Crippen molar-refractivity contribution in [3.05, 3.63) is 134 Å². The van der Waals surface area contributed by atoms with Crippen LogP contribution in [0, 0.1) is 37.8 Å². The van der Waals surface area contributed by atoms with Gasteiger partial charge in [0.1, 0.15) is 0 Å². The molecule has 0 aliphatic carbocycles. The lowest BCUT2D eigenvalue weighted by Crippen LogP contribution is -2.28. The van der Waals surface area contributed by atoms with E-state index in [-0.39, 0.29) is 16.5 Å². The smallest absolute Gasteiger partial charge is 0.268 e. The normalized spacial score (nSPS) is 15.1. The van der Waals surface area contributed by atoms with Crippen molar-refractivity contribution in [1.29, 1.82) is 0 Å². The van der Waals surface area contributed by atoms with E-state index in [4.69, 9.17) is 4.99 Å². The molecule has 1 fully saturated rings. The zero-order valence-corrected chi connectivity index (χ0v) is 26.2. The molecule has 1 amide bonds. The maximum atomic E-state index is 13.9. The summed E-state index contributed by atoms with van der Waals surface area (Å²) in [5, 5.41) is 13.7. The van der Waals surface area contributed by atoms with E-state index in [9.17, 15) is 14.9 Å². The Hall–Kier alpha value is -4.73. The van der Waals surface area contributed by atoms with Crippen LogP contribution in [0.5, 0.6) is 0 Å². The van der Waals surface area contributed by atoms with Gasteiger partial charge in [0.05, 0.1) is 31.6 Å². The average molecular weight is 617 g/mol. The lowest BCUT2D eigenvalue weighted by molar-refractivity contribution is -0.387. The van der Waals surface area contributed by atoms with Crippen LogP contribution in [0.1, 0.15) is 27.8 Å². The number of aliphatic imine (C=N–C) groups is 1. The Balaban J connectivity index is 1.38. The molecule has 0 saturated carbocycles. The van der Waals surface area contributed by atoms with E-state index in [0.717, 1.165) is 49.4 Å². The third-order valence-electron chi connectivity index (χ3n) is 7.56. The number of benzene rings is 4. The second-order valence-electron chi connectivity index (χ2n) is 10.6. The van der Waals surface area contributed by atoms with Crippen LogP contribution < -0.4 is 4.90 Å². The quantitative estimate of drug-likeness (QED) is 0.107. The van der Waals surface area contributed by atoms with Gasteiger partial charge >= 0.3 is 0 Å². The second-order valence-corrected chi connectivity index (χ2v) is 12.7. The maximum absolute atomic E-state index is 13.9. The van der Waals surface area contributed by atoms with E-state index < -0.39 is 0 Å². The highest BCUT2D eigenvalue weighted by Crippen LogP contribution is 2.41. The van der Waals surface area contributed by atoms with Gasteiger partial charge in [0.2, 0.25) is 0 Å². The number of para-hydroxylation sites is 1. The Kier molecular flexibility index (Phi) is 8.07. The Morgan fingerprint density at radius 3 is 2.36 bits per heavy atom. The molecule has 0 spiro atoms. The highest BCUT2D eigenvalue weighted by atomic mass is 32.2. The van der Waals surface area contributed by atoms with Gasteiger partial charge < -0.3 is 0 Å². The van der Waals surface area contributed by atoms with Crippen LogP contribution in [-0.2, 0) is 4.79 Å². The molecule has 0 unspecified atom stereocenters. The monoisotopic (exact) mass is 616 g/mol. The molecule has 1 aromatic heterocycles. The highest BCUT2D eigenvalue weighted by molar-refractivity contribution is 8.19. The first kappa shape index (κ1) is 29.3. The molecule has 1 aliphatic heterocycles. The minimum atomic E-state index is -0.388. The molecular formula is C35H28N4O3S2. The minimum Gasteiger partial charge on any atom is -0.268 e. The number of nitrogens with zero attached hydrogens (tertiary/aromatic N) is 4. The average Bonchev–Trinajstić information content (AvgIpc) is 3.30. The van der Waals surface area contributed by atoms with Crippen LogP contribution in [-0.4, -0.2) is 21.0 Å². The largest absolute Gasteiger partial charge is 0.283 e. The van der Waals surface area contributed by atoms with Crippen molar-refractivity contribution in [2.24, 2.45) is 4.99 Å². The summed E-state index contributed by atoms with van der Waals surface area (Å²) in [6.07, 6.45) is 3.41. The fraction of sp³-hybridized carbons (Fsp3) is 0.114. The van der Waals surface area contributed by atoms with E-state index in [2.05, 4.69) is 4.98 Å². The summed E-state index contributed by atoms with van der Waals surface area (Å²) in [4.78, 5) is 38.4. The number of rotatable bonds is 6. The van der Waals surface area contributed by atoms with Crippen molar-refractivity contribution < 1.29 is 9.72 Å². The Bertz CT molecular complexity index is 2030. The number of aromatic nitrogens is 1. The number of anilines is 1. The zero-order valence-electron chi connectivity index (χ0n) is 24.6. The number of nitro groups is 1. The molecule has 1 aliphatic rings. The van der Waals surface area contributed by atoms with Crippen molar-refractivity contribution in [1.82, 2.24) is 4.98 Å². The van der Waals surface area contributed by atoms with Crippen LogP contribution in [0.4, 0.5) is 17.1 Å². The lowest BCUT2D eigenvalue weighted by atomic mass is 10.1. The molecule has 44 heavy (non-hydrogen) atoms. The molecule has 9 heteroatoms. The predicted molar refractivity (Wildman–Crippen MR) is 181 cm³/mol. The summed E-state index contributed by atoms with van der Waals surface area (Å²) >= 11 is 2.56. The Labute approximate surface area is 263 Å². The first-order valence-corrected chi connectivity index (χ1v) is 15.6. The SMILES string of the molecule is Cc1ccc(N=C2S/C(=C\c3ccc(Sc4cccc5cccnc45)c([N+](=O)[O-])c3)C(=O)N2c2ccc(C)c(C)c2)cc1C. The number of hydrogen-bond acceptors (Lipinski definition) is 7. The molecule has 0 radical (unpaired) electrons. The standard InChI is InChI=1S/C35H28N4O3S2/c1-21-10-13-27(17-23(21)3)37-35-38(28-14-11-22(2)24(4)18-28)34(40)32(44-35)20-25-12-15-30(29(19-25)39(41)42)43-31-9-5-7-26-8-6-16-36-33(26)31/h5-20H,1-4H3/b32-20-,37-35?. The van der Waals surface area contributed by atoms with Gasteiger partial charge in [-0.25, -0.2) is 4.99 Å². The van der Waals surface area contributed by atoms with Gasteiger partial charge in [-0.3, -0.25) is 24.8 Å². The number of carbonyl (C=O) groups excluding carboxylic acids is 1. The Morgan fingerprint density at radius 2 is 1.61 bits per heavy atom. The van der Waals surface area contributed by atoms with Crippen LogP contribution >= 0.6 is 23.5 Å².